The third-order valence-corrected chi connectivity index (χ3v) is 7.97. The minimum atomic E-state index is -0.880. The van der Waals surface area contributed by atoms with E-state index >= 15 is 4.39 Å². The van der Waals surface area contributed by atoms with Gasteiger partial charge in [-0.1, -0.05) is 61.7 Å². The number of nitrogens with zero attached hydrogens (tertiary/aromatic N) is 3. The van der Waals surface area contributed by atoms with Crippen LogP contribution in [-0.4, -0.2) is 50.7 Å². The molecule has 2 aromatic carbocycles. The number of carbonyl (C=O) groups excluding carboxylic acids is 2. The Labute approximate surface area is 241 Å². The zero-order chi connectivity index (χ0) is 29.8. The van der Waals surface area contributed by atoms with Crippen molar-refractivity contribution in [1.82, 2.24) is 15.1 Å². The van der Waals surface area contributed by atoms with Crippen LogP contribution < -0.4 is 11.1 Å². The number of rotatable bonds is 5. The van der Waals surface area contributed by atoms with E-state index < -0.39 is 17.0 Å². The second kappa shape index (κ2) is 12.4. The van der Waals surface area contributed by atoms with Gasteiger partial charge in [-0.05, 0) is 50.3 Å². The van der Waals surface area contributed by atoms with Crippen LogP contribution in [0.2, 0.25) is 0 Å². The van der Waals surface area contributed by atoms with Gasteiger partial charge in [-0.2, -0.15) is 0 Å². The quantitative estimate of drug-likeness (QED) is 0.383. The molecule has 0 unspecified atom stereocenters. The van der Waals surface area contributed by atoms with E-state index in [1.54, 1.807) is 32.0 Å². The van der Waals surface area contributed by atoms with Gasteiger partial charge in [-0.25, -0.2) is 4.39 Å². The van der Waals surface area contributed by atoms with Crippen LogP contribution in [0.1, 0.15) is 71.3 Å². The van der Waals surface area contributed by atoms with E-state index in [9.17, 15) is 14.7 Å². The van der Waals surface area contributed by atoms with E-state index in [1.165, 1.54) is 45.1 Å². The third kappa shape index (κ3) is 7.34. The Hall–Kier alpha value is -3.69. The number of anilines is 1. The molecule has 2 amide bonds. The first-order chi connectivity index (χ1) is 19.4. The van der Waals surface area contributed by atoms with Crippen molar-refractivity contribution in [3.8, 4) is 22.4 Å². The Morgan fingerprint density at radius 2 is 1.66 bits per heavy atom. The minimum Gasteiger partial charge on any atom is -0.390 e. The van der Waals surface area contributed by atoms with Crippen LogP contribution in [0.25, 0.3) is 22.4 Å². The zero-order valence-electron chi connectivity index (χ0n) is 24.3. The molecule has 2 aliphatic rings. The Morgan fingerprint density at radius 1 is 1.00 bits per heavy atom. The van der Waals surface area contributed by atoms with Crippen LogP contribution in [-0.2, 0) is 15.1 Å². The zero-order valence-corrected chi connectivity index (χ0v) is 24.3. The summed E-state index contributed by atoms with van der Waals surface area (Å²) in [5.41, 5.74) is 7.56. The lowest BCUT2D eigenvalue weighted by Gasteiger charge is -2.49. The highest BCUT2D eigenvalue weighted by atomic mass is 19.1. The van der Waals surface area contributed by atoms with Gasteiger partial charge in [-0.15, -0.1) is 10.2 Å². The summed E-state index contributed by atoms with van der Waals surface area (Å²) in [5, 5.41) is 21.0. The van der Waals surface area contributed by atoms with Crippen molar-refractivity contribution in [3.05, 3.63) is 66.0 Å². The van der Waals surface area contributed by atoms with Crippen molar-refractivity contribution >= 4 is 17.6 Å². The molecule has 0 bridgehead atoms. The average Bonchev–Trinajstić information content (AvgIpc) is 2.92. The van der Waals surface area contributed by atoms with Gasteiger partial charge in [0.15, 0.2) is 5.82 Å². The van der Waals surface area contributed by atoms with E-state index in [0.29, 0.717) is 41.5 Å². The molecule has 0 radical (unpaired) electrons. The number of halogens is 1. The second-order valence-electron chi connectivity index (χ2n) is 11.7. The first-order valence-corrected chi connectivity index (χ1v) is 14.1. The van der Waals surface area contributed by atoms with Gasteiger partial charge in [0.05, 0.1) is 5.60 Å². The van der Waals surface area contributed by atoms with E-state index in [4.69, 9.17) is 5.73 Å². The molecular weight excluding hydrogens is 521 g/mol. The Bertz CT molecular complexity index is 1380. The average molecular weight is 562 g/mol. The van der Waals surface area contributed by atoms with Crippen molar-refractivity contribution < 1.29 is 19.1 Å². The van der Waals surface area contributed by atoms with Gasteiger partial charge < -0.3 is 21.1 Å². The second-order valence-corrected chi connectivity index (χ2v) is 11.7. The lowest BCUT2D eigenvalue weighted by molar-refractivity contribution is -0.130. The molecule has 3 aromatic rings. The highest BCUT2D eigenvalue weighted by molar-refractivity contribution is 5.90. The fourth-order valence-electron chi connectivity index (χ4n) is 5.97. The van der Waals surface area contributed by atoms with Crippen LogP contribution in [0, 0.1) is 5.82 Å². The maximum atomic E-state index is 15.0. The number of aromatic nitrogens is 2. The van der Waals surface area contributed by atoms with Gasteiger partial charge in [-0.3, -0.25) is 9.59 Å². The predicted molar refractivity (Wildman–Crippen MR) is 158 cm³/mol. The molecule has 2 fully saturated rings. The van der Waals surface area contributed by atoms with Crippen LogP contribution in [0.15, 0.2) is 54.6 Å². The molecule has 8 nitrogen and oxygen atoms in total. The Morgan fingerprint density at radius 3 is 2.22 bits per heavy atom. The molecule has 1 heterocycles. The van der Waals surface area contributed by atoms with Gasteiger partial charge in [0.2, 0.25) is 11.8 Å². The molecule has 1 aromatic heterocycles. The molecule has 9 heteroatoms. The summed E-state index contributed by atoms with van der Waals surface area (Å²) < 4.78 is 15.0. The largest absolute Gasteiger partial charge is 0.390 e. The number of nitrogens with two attached hydrogens (primary N) is 1. The number of hydrogen-bond donors (Lipinski definition) is 3. The van der Waals surface area contributed by atoms with Crippen molar-refractivity contribution in [2.24, 2.45) is 5.73 Å². The summed E-state index contributed by atoms with van der Waals surface area (Å²) >= 11 is 0. The Balaban J connectivity index is 0.000000296. The van der Waals surface area contributed by atoms with Gasteiger partial charge in [0.25, 0.3) is 0 Å². The lowest BCUT2D eigenvalue weighted by Crippen LogP contribution is -2.58. The predicted octanol–water partition coefficient (Wildman–Crippen LogP) is 5.40. The lowest BCUT2D eigenvalue weighted by atomic mass is 9.63. The van der Waals surface area contributed by atoms with Gasteiger partial charge in [0.1, 0.15) is 11.5 Å². The molecule has 0 saturated heterocycles. The van der Waals surface area contributed by atoms with Crippen molar-refractivity contribution in [2.45, 2.75) is 82.9 Å². The molecule has 0 aliphatic heterocycles. The van der Waals surface area contributed by atoms with Crippen molar-refractivity contribution in [1.29, 1.82) is 0 Å². The molecular formula is C32H40FN5O3. The summed E-state index contributed by atoms with van der Waals surface area (Å²) in [7, 11) is 1.92. The fourth-order valence-corrected chi connectivity index (χ4v) is 5.97. The summed E-state index contributed by atoms with van der Waals surface area (Å²) in [6.45, 7) is 4.74. The normalized spacial score (nSPS) is 22.1. The van der Waals surface area contributed by atoms with E-state index in [2.05, 4.69) is 15.5 Å². The molecule has 5 rings (SSSR count). The van der Waals surface area contributed by atoms with E-state index in [0.717, 1.165) is 11.1 Å². The maximum absolute atomic E-state index is 15.0. The van der Waals surface area contributed by atoms with Crippen LogP contribution in [0.5, 0.6) is 0 Å². The molecule has 2 aliphatic carbocycles. The number of carbonyl (C=O) groups is 2. The van der Waals surface area contributed by atoms with Crippen LogP contribution in [0.3, 0.4) is 0 Å². The first kappa shape index (κ1) is 30.3. The van der Waals surface area contributed by atoms with Gasteiger partial charge in [0, 0.05) is 49.2 Å². The minimum absolute atomic E-state index is 0.205. The molecule has 0 spiro atoms. The van der Waals surface area contributed by atoms with Crippen LogP contribution >= 0.6 is 0 Å². The third-order valence-electron chi connectivity index (χ3n) is 7.97. The topological polar surface area (TPSA) is 121 Å². The first-order valence-electron chi connectivity index (χ1n) is 14.1. The Kier molecular flexibility index (Phi) is 9.19. The summed E-state index contributed by atoms with van der Waals surface area (Å²) in [4.78, 5) is 24.3. The van der Waals surface area contributed by atoms with Crippen molar-refractivity contribution in [2.75, 3.05) is 12.4 Å². The smallest absolute Gasteiger partial charge is 0.222 e. The number of benzene rings is 2. The molecule has 2 saturated carbocycles. The SMILES string of the molecule is CC(=O)N(C)C1CCCCC1.CC(=O)Nc1cc(-c2ccccc2)c(-c2ccc(C3(N)CC(C)(O)C3)c(F)c2)nn1. The van der Waals surface area contributed by atoms with E-state index in [1.807, 2.05) is 42.3 Å². The van der Waals surface area contributed by atoms with Crippen molar-refractivity contribution in [3.63, 3.8) is 0 Å². The standard InChI is InChI=1S/C23H23FN4O2.C9H17NO/c1-14(29)26-20-11-17(15-6-4-3-5-7-15)21(28-27-20)16-8-9-18(19(24)10-16)23(25)12-22(2,30)13-23;1-8(11)10(2)9-6-4-3-5-7-9/h3-11,30H,12-13,25H2,1-2H3,(H,26,27,29);9H,3-7H2,1-2H3. The highest BCUT2D eigenvalue weighted by Gasteiger charge is 2.50. The number of hydrogen-bond acceptors (Lipinski definition) is 6. The molecule has 0 atom stereocenters. The number of amides is 2. The number of nitrogens with one attached hydrogen (secondary N) is 1. The summed E-state index contributed by atoms with van der Waals surface area (Å²) in [5.74, 6) is -0.176. The number of aliphatic hydroxyl groups is 1. The van der Waals surface area contributed by atoms with E-state index in [-0.39, 0.29) is 11.8 Å². The maximum Gasteiger partial charge on any atom is 0.222 e. The summed E-state index contributed by atoms with van der Waals surface area (Å²) in [6.07, 6.45) is 6.95. The monoisotopic (exact) mass is 561 g/mol. The highest BCUT2D eigenvalue weighted by Crippen LogP contribution is 2.47. The fraction of sp³-hybridized carbons (Fsp3) is 0.438. The summed E-state index contributed by atoms with van der Waals surface area (Å²) in [6, 6.07) is 16.6. The van der Waals surface area contributed by atoms with Crippen LogP contribution in [0.4, 0.5) is 10.2 Å². The molecule has 41 heavy (non-hydrogen) atoms. The molecule has 4 N–H and O–H groups in total. The van der Waals surface area contributed by atoms with Gasteiger partial charge >= 0.3 is 0 Å². The molecule has 218 valence electrons.